The highest BCUT2D eigenvalue weighted by Gasteiger charge is 2.03. The van der Waals surface area contributed by atoms with Gasteiger partial charge in [-0.3, -0.25) is 0 Å². The third-order valence-corrected chi connectivity index (χ3v) is 2.27. The van der Waals surface area contributed by atoms with Gasteiger partial charge >= 0.3 is 5.97 Å². The molecule has 0 spiro atoms. The Balaban J connectivity index is 3.24. The molecule has 0 aliphatic rings. The van der Waals surface area contributed by atoms with Crippen molar-refractivity contribution < 1.29 is 14.3 Å². The van der Waals surface area contributed by atoms with E-state index in [1.807, 2.05) is 14.1 Å². The molecule has 5 heteroatoms. The van der Waals surface area contributed by atoms with Crippen LogP contribution in [0.3, 0.4) is 0 Å². The number of carbonyl (C=O) groups is 1. The van der Waals surface area contributed by atoms with Gasteiger partial charge in [0.05, 0.1) is 13.2 Å². The van der Waals surface area contributed by atoms with E-state index in [1.54, 1.807) is 6.92 Å². The summed E-state index contributed by atoms with van der Waals surface area (Å²) in [5.74, 6) is -0.302. The monoisotopic (exact) mass is 232 g/mol. The van der Waals surface area contributed by atoms with Crippen molar-refractivity contribution in [2.75, 3.05) is 47.0 Å². The van der Waals surface area contributed by atoms with Gasteiger partial charge in [0.25, 0.3) is 0 Å². The van der Waals surface area contributed by atoms with Crippen molar-refractivity contribution in [3.05, 3.63) is 0 Å². The summed E-state index contributed by atoms with van der Waals surface area (Å²) in [5.41, 5.74) is 0. The van der Waals surface area contributed by atoms with E-state index in [1.165, 1.54) is 0 Å². The summed E-state index contributed by atoms with van der Waals surface area (Å²) in [4.78, 5) is 13.0. The summed E-state index contributed by atoms with van der Waals surface area (Å²) in [6.07, 6.45) is 0. The van der Waals surface area contributed by atoms with Crippen LogP contribution in [0.4, 0.5) is 0 Å². The predicted octanol–water partition coefficient (Wildman–Crippen LogP) is 0.106. The minimum Gasteiger partial charge on any atom is -0.464 e. The SMILES string of the molecule is CCOC(=O)COCCNCC(C)N(C)C. The van der Waals surface area contributed by atoms with Crippen LogP contribution in [0.1, 0.15) is 13.8 Å². The average molecular weight is 232 g/mol. The number of nitrogens with one attached hydrogen (secondary N) is 1. The zero-order valence-electron chi connectivity index (χ0n) is 10.8. The molecule has 1 atom stereocenters. The van der Waals surface area contributed by atoms with Crippen molar-refractivity contribution in [3.63, 3.8) is 0 Å². The number of hydrogen-bond donors (Lipinski definition) is 1. The van der Waals surface area contributed by atoms with Gasteiger partial charge in [0.1, 0.15) is 6.61 Å². The van der Waals surface area contributed by atoms with Crippen molar-refractivity contribution in [1.29, 1.82) is 0 Å². The van der Waals surface area contributed by atoms with Crippen molar-refractivity contribution in [2.24, 2.45) is 0 Å². The first-order chi connectivity index (χ1) is 7.57. The van der Waals surface area contributed by atoms with Gasteiger partial charge in [-0.1, -0.05) is 0 Å². The van der Waals surface area contributed by atoms with E-state index in [0.29, 0.717) is 19.3 Å². The lowest BCUT2D eigenvalue weighted by atomic mass is 10.3. The van der Waals surface area contributed by atoms with E-state index in [2.05, 4.69) is 17.1 Å². The first kappa shape index (κ1) is 15.3. The molecule has 0 aliphatic carbocycles. The third-order valence-electron chi connectivity index (χ3n) is 2.27. The van der Waals surface area contributed by atoms with E-state index < -0.39 is 0 Å². The molecule has 0 radical (unpaired) electrons. The van der Waals surface area contributed by atoms with Gasteiger partial charge in [-0.2, -0.15) is 0 Å². The molecule has 0 aromatic carbocycles. The highest BCUT2D eigenvalue weighted by molar-refractivity contribution is 5.70. The second-order valence-electron chi connectivity index (χ2n) is 3.87. The highest BCUT2D eigenvalue weighted by Crippen LogP contribution is 1.87. The average Bonchev–Trinajstić information content (AvgIpc) is 2.23. The Bertz CT molecular complexity index is 186. The molecule has 0 bridgehead atoms. The summed E-state index contributed by atoms with van der Waals surface area (Å²) in [7, 11) is 4.09. The molecule has 0 aromatic rings. The van der Waals surface area contributed by atoms with Gasteiger partial charge in [0, 0.05) is 19.1 Å². The molecule has 0 rings (SSSR count). The molecule has 0 aliphatic heterocycles. The van der Waals surface area contributed by atoms with Crippen molar-refractivity contribution in [1.82, 2.24) is 10.2 Å². The Morgan fingerprint density at radius 1 is 1.44 bits per heavy atom. The van der Waals surface area contributed by atoms with Gasteiger partial charge in [-0.15, -0.1) is 0 Å². The maximum Gasteiger partial charge on any atom is 0.332 e. The number of hydrogen-bond acceptors (Lipinski definition) is 5. The lowest BCUT2D eigenvalue weighted by Crippen LogP contribution is -2.36. The molecule has 1 unspecified atom stereocenters. The molecular weight excluding hydrogens is 208 g/mol. The Labute approximate surface area is 98.1 Å². The summed E-state index contributed by atoms with van der Waals surface area (Å²) in [6, 6.07) is 0.491. The third kappa shape index (κ3) is 8.64. The minimum absolute atomic E-state index is 0.0404. The summed E-state index contributed by atoms with van der Waals surface area (Å²) < 4.78 is 9.87. The number of nitrogens with zero attached hydrogens (tertiary/aromatic N) is 1. The predicted molar refractivity (Wildman–Crippen MR) is 63.5 cm³/mol. The van der Waals surface area contributed by atoms with E-state index in [4.69, 9.17) is 9.47 Å². The van der Waals surface area contributed by atoms with Crippen LogP contribution in [0.15, 0.2) is 0 Å². The Morgan fingerprint density at radius 2 is 2.12 bits per heavy atom. The van der Waals surface area contributed by atoms with Crippen molar-refractivity contribution in [3.8, 4) is 0 Å². The van der Waals surface area contributed by atoms with E-state index >= 15 is 0 Å². The molecule has 1 N–H and O–H groups in total. The lowest BCUT2D eigenvalue weighted by Gasteiger charge is -2.19. The van der Waals surface area contributed by atoms with Crippen LogP contribution in [0, 0.1) is 0 Å². The fourth-order valence-electron chi connectivity index (χ4n) is 0.996. The highest BCUT2D eigenvalue weighted by atomic mass is 16.6. The Hall–Kier alpha value is -0.650. The number of rotatable bonds is 9. The van der Waals surface area contributed by atoms with E-state index in [9.17, 15) is 4.79 Å². The fourth-order valence-corrected chi connectivity index (χ4v) is 0.996. The van der Waals surface area contributed by atoms with Crippen LogP contribution in [-0.2, 0) is 14.3 Å². The number of likely N-dealkylation sites (N-methyl/N-ethyl adjacent to an activating group) is 1. The molecule has 96 valence electrons. The first-order valence-electron chi connectivity index (χ1n) is 5.68. The number of carbonyl (C=O) groups excluding carboxylic acids is 1. The van der Waals surface area contributed by atoms with Gasteiger partial charge in [0.15, 0.2) is 0 Å². The second-order valence-corrected chi connectivity index (χ2v) is 3.87. The van der Waals surface area contributed by atoms with Gasteiger partial charge in [0.2, 0.25) is 0 Å². The topological polar surface area (TPSA) is 50.8 Å². The van der Waals surface area contributed by atoms with E-state index in [-0.39, 0.29) is 12.6 Å². The molecule has 0 amide bonds. The van der Waals surface area contributed by atoms with Crippen molar-refractivity contribution in [2.45, 2.75) is 19.9 Å². The van der Waals surface area contributed by atoms with Gasteiger partial charge in [-0.25, -0.2) is 4.79 Å². The normalized spacial score (nSPS) is 12.8. The molecule has 0 aromatic heterocycles. The van der Waals surface area contributed by atoms with Crippen LogP contribution in [0.2, 0.25) is 0 Å². The van der Waals surface area contributed by atoms with Crippen LogP contribution in [-0.4, -0.2) is 63.9 Å². The fraction of sp³-hybridized carbons (Fsp3) is 0.909. The standard InChI is InChI=1S/C11H24N2O3/c1-5-16-11(14)9-15-7-6-12-8-10(2)13(3)4/h10,12H,5-9H2,1-4H3. The Kier molecular flexibility index (Phi) is 9.18. The second kappa shape index (κ2) is 9.57. The van der Waals surface area contributed by atoms with E-state index in [0.717, 1.165) is 13.1 Å². The maximum atomic E-state index is 10.9. The zero-order valence-corrected chi connectivity index (χ0v) is 10.8. The van der Waals surface area contributed by atoms with Crippen LogP contribution >= 0.6 is 0 Å². The molecule has 0 saturated heterocycles. The molecule has 16 heavy (non-hydrogen) atoms. The number of ether oxygens (including phenoxy) is 2. The van der Waals surface area contributed by atoms with Crippen LogP contribution in [0.25, 0.3) is 0 Å². The molecule has 0 heterocycles. The first-order valence-corrected chi connectivity index (χ1v) is 5.68. The molecule has 0 fully saturated rings. The Morgan fingerprint density at radius 3 is 2.69 bits per heavy atom. The summed E-state index contributed by atoms with van der Waals surface area (Å²) in [6.45, 7) is 6.56. The smallest absolute Gasteiger partial charge is 0.332 e. The van der Waals surface area contributed by atoms with Crippen LogP contribution in [0.5, 0.6) is 0 Å². The molecule has 5 nitrogen and oxygen atoms in total. The molecular formula is C11H24N2O3. The van der Waals surface area contributed by atoms with Crippen LogP contribution < -0.4 is 5.32 Å². The number of esters is 1. The van der Waals surface area contributed by atoms with Crippen molar-refractivity contribution >= 4 is 5.97 Å². The van der Waals surface area contributed by atoms with Gasteiger partial charge < -0.3 is 19.7 Å². The zero-order chi connectivity index (χ0) is 12.4. The largest absolute Gasteiger partial charge is 0.464 e. The summed E-state index contributed by atoms with van der Waals surface area (Å²) in [5, 5.41) is 3.25. The quantitative estimate of drug-likeness (QED) is 0.451. The minimum atomic E-state index is -0.302. The molecule has 0 saturated carbocycles. The summed E-state index contributed by atoms with van der Waals surface area (Å²) >= 11 is 0. The maximum absolute atomic E-state index is 10.9. The lowest BCUT2D eigenvalue weighted by molar-refractivity contribution is -0.148. The van der Waals surface area contributed by atoms with Gasteiger partial charge in [-0.05, 0) is 27.9 Å².